The van der Waals surface area contributed by atoms with Gasteiger partial charge < -0.3 is 10.5 Å². The Balaban J connectivity index is 3.41. The molecule has 0 aliphatic carbocycles. The van der Waals surface area contributed by atoms with Gasteiger partial charge in [-0.2, -0.15) is 0 Å². The van der Waals surface area contributed by atoms with Gasteiger partial charge in [-0.15, -0.1) is 0 Å². The minimum atomic E-state index is -0.0932. The molecule has 0 heterocycles. The third-order valence-electron chi connectivity index (χ3n) is 2.05. The fraction of sp³-hybridized carbons (Fsp3) is 0.300. The van der Waals surface area contributed by atoms with Crippen LogP contribution in [0.25, 0.3) is 0 Å². The fourth-order valence-electron chi connectivity index (χ4n) is 1.19. The number of nitrogens with two attached hydrogens (primary N) is 1. The Bertz CT molecular complexity index is 405. The summed E-state index contributed by atoms with van der Waals surface area (Å²) in [6, 6.07) is 1.51. The quantitative estimate of drug-likeness (QED) is 0.660. The van der Waals surface area contributed by atoms with Gasteiger partial charge in [-0.3, -0.25) is 4.79 Å². The maximum Gasteiger partial charge on any atom is 0.164 e. The van der Waals surface area contributed by atoms with E-state index < -0.39 is 0 Å². The number of halogens is 2. The number of rotatable bonds is 3. The molecule has 0 saturated carbocycles. The molecule has 0 radical (unpaired) electrons. The number of carbonyl (C=O) groups is 1. The van der Waals surface area contributed by atoms with Crippen LogP contribution in [-0.4, -0.2) is 12.9 Å². The molecule has 0 fully saturated rings. The van der Waals surface area contributed by atoms with Gasteiger partial charge in [-0.25, -0.2) is 0 Å². The minimum Gasteiger partial charge on any atom is -0.495 e. The average Bonchev–Trinajstić information content (AvgIpc) is 2.25. The first kappa shape index (κ1) is 12.1. The number of methoxy groups -OCH3 is 1. The summed E-state index contributed by atoms with van der Waals surface area (Å²) in [7, 11) is 1.45. The second-order valence-corrected chi connectivity index (χ2v) is 3.70. The zero-order chi connectivity index (χ0) is 11.6. The second-order valence-electron chi connectivity index (χ2n) is 2.94. The van der Waals surface area contributed by atoms with Crippen LogP contribution in [0.2, 0.25) is 10.0 Å². The van der Waals surface area contributed by atoms with Crippen molar-refractivity contribution in [2.45, 2.75) is 13.3 Å². The summed E-state index contributed by atoms with van der Waals surface area (Å²) in [5.74, 6) is 0.261. The second kappa shape index (κ2) is 4.73. The van der Waals surface area contributed by atoms with Crippen molar-refractivity contribution in [3.8, 4) is 5.75 Å². The Morgan fingerprint density at radius 3 is 2.53 bits per heavy atom. The van der Waals surface area contributed by atoms with Crippen molar-refractivity contribution in [1.29, 1.82) is 0 Å². The Kier molecular flexibility index (Phi) is 3.83. The first-order chi connectivity index (χ1) is 7.02. The standard InChI is InChI=1S/C10H11Cl2NO2/c1-3-6(14)5-4-7(15-2)8(11)9(12)10(5)13/h4H,3,13H2,1-2H3. The highest BCUT2D eigenvalue weighted by Crippen LogP contribution is 2.38. The van der Waals surface area contributed by atoms with E-state index in [4.69, 9.17) is 33.7 Å². The third-order valence-corrected chi connectivity index (χ3v) is 2.92. The number of anilines is 1. The van der Waals surface area contributed by atoms with E-state index in [9.17, 15) is 4.79 Å². The molecule has 0 atom stereocenters. The first-order valence-electron chi connectivity index (χ1n) is 4.37. The molecule has 0 spiro atoms. The monoisotopic (exact) mass is 247 g/mol. The van der Waals surface area contributed by atoms with Crippen LogP contribution >= 0.6 is 23.2 Å². The zero-order valence-electron chi connectivity index (χ0n) is 8.43. The number of Topliss-reactive ketones (excluding diaryl/α,β-unsaturated/α-hetero) is 1. The molecule has 1 rings (SSSR count). The third kappa shape index (κ3) is 2.19. The van der Waals surface area contributed by atoms with Crippen molar-refractivity contribution >= 4 is 34.7 Å². The number of hydrogen-bond acceptors (Lipinski definition) is 3. The molecule has 0 bridgehead atoms. The summed E-state index contributed by atoms with van der Waals surface area (Å²) in [5, 5.41) is 0.386. The smallest absolute Gasteiger partial charge is 0.164 e. The minimum absolute atomic E-state index is 0.0932. The van der Waals surface area contributed by atoms with E-state index in [1.54, 1.807) is 6.92 Å². The molecule has 1 aromatic carbocycles. The van der Waals surface area contributed by atoms with Gasteiger partial charge in [0.15, 0.2) is 5.78 Å². The lowest BCUT2D eigenvalue weighted by Gasteiger charge is -2.11. The van der Waals surface area contributed by atoms with Crippen molar-refractivity contribution in [3.63, 3.8) is 0 Å². The lowest BCUT2D eigenvalue weighted by molar-refractivity contribution is 0.0988. The first-order valence-corrected chi connectivity index (χ1v) is 5.13. The van der Waals surface area contributed by atoms with Crippen LogP contribution in [0.3, 0.4) is 0 Å². The molecular formula is C10H11Cl2NO2. The van der Waals surface area contributed by atoms with Crippen LogP contribution in [0.1, 0.15) is 23.7 Å². The van der Waals surface area contributed by atoms with Gasteiger partial charge in [0, 0.05) is 12.0 Å². The van der Waals surface area contributed by atoms with E-state index in [2.05, 4.69) is 0 Å². The summed E-state index contributed by atoms with van der Waals surface area (Å²) in [6.45, 7) is 1.75. The predicted molar refractivity (Wildman–Crippen MR) is 62.0 cm³/mol. The molecule has 0 aliphatic heterocycles. The van der Waals surface area contributed by atoms with Crippen molar-refractivity contribution in [2.75, 3.05) is 12.8 Å². The van der Waals surface area contributed by atoms with Crippen LogP contribution < -0.4 is 10.5 Å². The van der Waals surface area contributed by atoms with E-state index in [-0.39, 0.29) is 21.5 Å². The molecule has 82 valence electrons. The summed E-state index contributed by atoms with van der Waals surface area (Å²) < 4.78 is 4.99. The van der Waals surface area contributed by atoms with Gasteiger partial charge in [-0.1, -0.05) is 30.1 Å². The number of hydrogen-bond donors (Lipinski definition) is 1. The molecule has 0 aliphatic rings. The molecule has 1 aromatic rings. The highest BCUT2D eigenvalue weighted by molar-refractivity contribution is 6.45. The largest absolute Gasteiger partial charge is 0.495 e. The van der Waals surface area contributed by atoms with Crippen molar-refractivity contribution in [3.05, 3.63) is 21.7 Å². The van der Waals surface area contributed by atoms with Gasteiger partial charge in [0.1, 0.15) is 10.8 Å². The average molecular weight is 248 g/mol. The topological polar surface area (TPSA) is 52.3 Å². The van der Waals surface area contributed by atoms with Gasteiger partial charge in [0.2, 0.25) is 0 Å². The van der Waals surface area contributed by atoms with Gasteiger partial charge in [-0.05, 0) is 6.07 Å². The van der Waals surface area contributed by atoms with Gasteiger partial charge in [0.25, 0.3) is 0 Å². The van der Waals surface area contributed by atoms with Crippen LogP contribution in [0.4, 0.5) is 5.69 Å². The zero-order valence-corrected chi connectivity index (χ0v) is 9.95. The number of nitrogen functional groups attached to an aromatic ring is 1. The van der Waals surface area contributed by atoms with Crippen molar-refractivity contribution in [1.82, 2.24) is 0 Å². The molecule has 0 amide bonds. The number of ether oxygens (including phenoxy) is 1. The normalized spacial score (nSPS) is 10.1. The lowest BCUT2D eigenvalue weighted by atomic mass is 10.1. The molecular weight excluding hydrogens is 237 g/mol. The highest BCUT2D eigenvalue weighted by atomic mass is 35.5. The Morgan fingerprint density at radius 1 is 1.47 bits per heavy atom. The molecule has 0 saturated heterocycles. The van der Waals surface area contributed by atoms with E-state index in [0.29, 0.717) is 17.7 Å². The van der Waals surface area contributed by atoms with Crippen LogP contribution in [0.5, 0.6) is 5.75 Å². The van der Waals surface area contributed by atoms with E-state index >= 15 is 0 Å². The van der Waals surface area contributed by atoms with E-state index in [0.717, 1.165) is 0 Å². The Morgan fingerprint density at radius 2 is 2.07 bits per heavy atom. The molecule has 0 unspecified atom stereocenters. The molecule has 3 nitrogen and oxygen atoms in total. The predicted octanol–water partition coefficient (Wildman–Crippen LogP) is 3.18. The lowest BCUT2D eigenvalue weighted by Crippen LogP contribution is -2.04. The van der Waals surface area contributed by atoms with Crippen LogP contribution in [-0.2, 0) is 0 Å². The Hall–Kier alpha value is -0.930. The number of carbonyl (C=O) groups excluding carboxylic acids is 1. The summed E-state index contributed by atoms with van der Waals surface area (Å²) in [5.41, 5.74) is 6.24. The van der Waals surface area contributed by atoms with E-state index in [1.807, 2.05) is 0 Å². The maximum atomic E-state index is 11.5. The SMILES string of the molecule is CCC(=O)c1cc(OC)c(Cl)c(Cl)c1N. The van der Waals surface area contributed by atoms with Gasteiger partial charge >= 0.3 is 0 Å². The van der Waals surface area contributed by atoms with Crippen LogP contribution in [0, 0.1) is 0 Å². The summed E-state index contributed by atoms with van der Waals surface area (Å²) in [6.07, 6.45) is 0.352. The van der Waals surface area contributed by atoms with Crippen molar-refractivity contribution in [2.24, 2.45) is 0 Å². The molecule has 5 heteroatoms. The number of ketones is 1. The van der Waals surface area contributed by atoms with Gasteiger partial charge in [0.05, 0.1) is 17.8 Å². The van der Waals surface area contributed by atoms with Crippen molar-refractivity contribution < 1.29 is 9.53 Å². The molecule has 0 aromatic heterocycles. The molecule has 2 N–H and O–H groups in total. The fourth-order valence-corrected chi connectivity index (χ4v) is 1.61. The summed E-state index contributed by atoms with van der Waals surface area (Å²) >= 11 is 11.7. The van der Waals surface area contributed by atoms with E-state index in [1.165, 1.54) is 13.2 Å². The highest BCUT2D eigenvalue weighted by Gasteiger charge is 2.17. The summed E-state index contributed by atoms with van der Waals surface area (Å²) in [4.78, 5) is 11.5. The number of benzene rings is 1. The Labute approximate surface area is 98.1 Å². The molecule has 15 heavy (non-hydrogen) atoms. The maximum absolute atomic E-state index is 11.5. The van der Waals surface area contributed by atoms with Crippen LogP contribution in [0.15, 0.2) is 6.07 Å².